The highest BCUT2D eigenvalue weighted by Crippen LogP contribution is 2.24. The Morgan fingerprint density at radius 3 is 2.44 bits per heavy atom. The van der Waals surface area contributed by atoms with E-state index in [2.05, 4.69) is 10.2 Å². The number of carbonyl (C=O) groups excluding carboxylic acids is 2. The Morgan fingerprint density at radius 1 is 1.17 bits per heavy atom. The lowest BCUT2D eigenvalue weighted by Gasteiger charge is -2.43. The second kappa shape index (κ2) is 6.18. The van der Waals surface area contributed by atoms with Gasteiger partial charge in [0.05, 0.1) is 0 Å². The average molecular weight is 253 g/mol. The van der Waals surface area contributed by atoms with Crippen LogP contribution in [0.4, 0.5) is 0 Å². The molecule has 1 saturated heterocycles. The van der Waals surface area contributed by atoms with Crippen LogP contribution in [-0.4, -0.2) is 60.4 Å². The molecule has 0 spiro atoms. The fourth-order valence-corrected chi connectivity index (χ4v) is 3.15. The van der Waals surface area contributed by atoms with Crippen LogP contribution in [0.15, 0.2) is 0 Å². The van der Waals surface area contributed by atoms with Gasteiger partial charge in [-0.25, -0.2) is 0 Å². The molecule has 2 amide bonds. The SMILES string of the molecule is CC(=O)N[C@@H]1CCCC[C@H]1N1CCN(C=O)CC1. The van der Waals surface area contributed by atoms with E-state index < -0.39 is 0 Å². The zero-order chi connectivity index (χ0) is 13.0. The van der Waals surface area contributed by atoms with E-state index in [9.17, 15) is 9.59 Å². The zero-order valence-corrected chi connectivity index (χ0v) is 11.1. The van der Waals surface area contributed by atoms with Gasteiger partial charge in [0, 0.05) is 45.2 Å². The molecule has 0 unspecified atom stereocenters. The molecule has 1 saturated carbocycles. The molecular weight excluding hydrogens is 230 g/mol. The summed E-state index contributed by atoms with van der Waals surface area (Å²) in [4.78, 5) is 26.2. The predicted octanol–water partition coefficient (Wildman–Crippen LogP) is 0.208. The van der Waals surface area contributed by atoms with Gasteiger partial charge >= 0.3 is 0 Å². The minimum Gasteiger partial charge on any atom is -0.352 e. The molecule has 1 aliphatic carbocycles. The molecule has 2 fully saturated rings. The number of hydrogen-bond donors (Lipinski definition) is 1. The van der Waals surface area contributed by atoms with Crippen molar-refractivity contribution in [1.29, 1.82) is 0 Å². The Bertz CT molecular complexity index is 301. The summed E-state index contributed by atoms with van der Waals surface area (Å²) in [5, 5.41) is 3.09. The van der Waals surface area contributed by atoms with E-state index >= 15 is 0 Å². The van der Waals surface area contributed by atoms with Crippen LogP contribution in [-0.2, 0) is 9.59 Å². The molecule has 0 radical (unpaired) electrons. The number of rotatable bonds is 3. The van der Waals surface area contributed by atoms with Crippen LogP contribution in [0, 0.1) is 0 Å². The molecule has 2 rings (SSSR count). The van der Waals surface area contributed by atoms with Crippen LogP contribution in [0.1, 0.15) is 32.6 Å². The van der Waals surface area contributed by atoms with Gasteiger partial charge < -0.3 is 10.2 Å². The lowest BCUT2D eigenvalue weighted by atomic mass is 9.88. The van der Waals surface area contributed by atoms with Crippen molar-refractivity contribution >= 4 is 12.3 Å². The Morgan fingerprint density at radius 2 is 1.83 bits per heavy atom. The summed E-state index contributed by atoms with van der Waals surface area (Å²) in [5.74, 6) is 0.0680. The highest BCUT2D eigenvalue weighted by atomic mass is 16.1. The van der Waals surface area contributed by atoms with Crippen LogP contribution in [0.2, 0.25) is 0 Å². The summed E-state index contributed by atoms with van der Waals surface area (Å²) in [7, 11) is 0. The highest BCUT2D eigenvalue weighted by molar-refractivity contribution is 5.73. The first-order chi connectivity index (χ1) is 8.70. The molecule has 2 atom stereocenters. The summed E-state index contributed by atoms with van der Waals surface area (Å²) >= 11 is 0. The molecule has 0 aromatic heterocycles. The number of nitrogens with one attached hydrogen (secondary N) is 1. The fraction of sp³-hybridized carbons (Fsp3) is 0.846. The van der Waals surface area contributed by atoms with E-state index in [-0.39, 0.29) is 5.91 Å². The second-order valence-corrected chi connectivity index (χ2v) is 5.34. The van der Waals surface area contributed by atoms with Crippen molar-refractivity contribution in [3.63, 3.8) is 0 Å². The van der Waals surface area contributed by atoms with Crippen LogP contribution < -0.4 is 5.32 Å². The molecule has 0 aromatic carbocycles. The first-order valence-electron chi connectivity index (χ1n) is 6.91. The Kier molecular flexibility index (Phi) is 4.58. The Hall–Kier alpha value is -1.10. The van der Waals surface area contributed by atoms with Gasteiger partial charge in [0.25, 0.3) is 0 Å². The summed E-state index contributed by atoms with van der Waals surface area (Å²) in [6.07, 6.45) is 5.62. The topological polar surface area (TPSA) is 52.7 Å². The smallest absolute Gasteiger partial charge is 0.217 e. The highest BCUT2D eigenvalue weighted by Gasteiger charge is 2.32. The number of amides is 2. The fourth-order valence-electron chi connectivity index (χ4n) is 3.15. The minimum absolute atomic E-state index is 0.0680. The quantitative estimate of drug-likeness (QED) is 0.731. The summed E-state index contributed by atoms with van der Waals surface area (Å²) in [6, 6.07) is 0.746. The third-order valence-corrected chi connectivity index (χ3v) is 4.09. The first kappa shape index (κ1) is 13.3. The normalized spacial score (nSPS) is 29.9. The Labute approximate surface area is 108 Å². The monoisotopic (exact) mass is 253 g/mol. The van der Waals surface area contributed by atoms with E-state index in [1.807, 2.05) is 4.90 Å². The van der Waals surface area contributed by atoms with Crippen LogP contribution >= 0.6 is 0 Å². The maximum atomic E-state index is 11.3. The molecular formula is C13H23N3O2. The van der Waals surface area contributed by atoms with Gasteiger partial charge in [0.2, 0.25) is 12.3 Å². The third-order valence-electron chi connectivity index (χ3n) is 4.09. The molecule has 5 heteroatoms. The average Bonchev–Trinajstić information content (AvgIpc) is 2.39. The summed E-state index contributed by atoms with van der Waals surface area (Å²) in [6.45, 7) is 5.08. The van der Waals surface area contributed by atoms with E-state index in [0.29, 0.717) is 12.1 Å². The molecule has 5 nitrogen and oxygen atoms in total. The Balaban J connectivity index is 1.92. The maximum Gasteiger partial charge on any atom is 0.217 e. The molecule has 102 valence electrons. The molecule has 1 heterocycles. The van der Waals surface area contributed by atoms with E-state index in [0.717, 1.165) is 45.4 Å². The number of piperazine rings is 1. The molecule has 18 heavy (non-hydrogen) atoms. The van der Waals surface area contributed by atoms with Gasteiger partial charge in [-0.05, 0) is 12.8 Å². The van der Waals surface area contributed by atoms with Crippen molar-refractivity contribution in [1.82, 2.24) is 15.1 Å². The third kappa shape index (κ3) is 3.22. The standard InChI is InChI=1S/C13H23N3O2/c1-11(18)14-12-4-2-3-5-13(12)16-8-6-15(10-17)7-9-16/h10,12-13H,2-9H2,1H3,(H,14,18)/t12-,13-/m1/s1. The molecule has 1 aliphatic heterocycles. The van der Waals surface area contributed by atoms with Gasteiger partial charge in [-0.1, -0.05) is 12.8 Å². The minimum atomic E-state index is 0.0680. The summed E-state index contributed by atoms with van der Waals surface area (Å²) < 4.78 is 0. The van der Waals surface area contributed by atoms with Crippen molar-refractivity contribution in [2.75, 3.05) is 26.2 Å². The maximum absolute atomic E-state index is 11.3. The van der Waals surface area contributed by atoms with Crippen molar-refractivity contribution < 1.29 is 9.59 Å². The van der Waals surface area contributed by atoms with E-state index in [4.69, 9.17) is 0 Å². The van der Waals surface area contributed by atoms with Gasteiger partial charge in [-0.15, -0.1) is 0 Å². The van der Waals surface area contributed by atoms with Gasteiger partial charge in [0.1, 0.15) is 0 Å². The molecule has 0 bridgehead atoms. The van der Waals surface area contributed by atoms with E-state index in [1.54, 1.807) is 6.92 Å². The van der Waals surface area contributed by atoms with Crippen LogP contribution in [0.5, 0.6) is 0 Å². The van der Waals surface area contributed by atoms with Crippen molar-refractivity contribution in [3.05, 3.63) is 0 Å². The number of carbonyl (C=O) groups is 2. The first-order valence-corrected chi connectivity index (χ1v) is 6.91. The second-order valence-electron chi connectivity index (χ2n) is 5.34. The molecule has 1 N–H and O–H groups in total. The van der Waals surface area contributed by atoms with E-state index in [1.165, 1.54) is 12.8 Å². The molecule has 2 aliphatic rings. The lowest BCUT2D eigenvalue weighted by molar-refractivity contribution is -0.121. The molecule has 0 aromatic rings. The van der Waals surface area contributed by atoms with Crippen molar-refractivity contribution in [2.24, 2.45) is 0 Å². The van der Waals surface area contributed by atoms with Crippen LogP contribution in [0.3, 0.4) is 0 Å². The lowest BCUT2D eigenvalue weighted by Crippen LogP contribution is -2.57. The summed E-state index contributed by atoms with van der Waals surface area (Å²) in [5.41, 5.74) is 0. The van der Waals surface area contributed by atoms with Gasteiger partial charge in [-0.3, -0.25) is 14.5 Å². The number of nitrogens with zero attached hydrogens (tertiary/aromatic N) is 2. The van der Waals surface area contributed by atoms with Gasteiger partial charge in [-0.2, -0.15) is 0 Å². The number of hydrogen-bond acceptors (Lipinski definition) is 3. The van der Waals surface area contributed by atoms with Crippen molar-refractivity contribution in [2.45, 2.75) is 44.7 Å². The van der Waals surface area contributed by atoms with Crippen LogP contribution in [0.25, 0.3) is 0 Å². The zero-order valence-electron chi connectivity index (χ0n) is 11.1. The predicted molar refractivity (Wildman–Crippen MR) is 69.1 cm³/mol. The van der Waals surface area contributed by atoms with Crippen molar-refractivity contribution in [3.8, 4) is 0 Å². The largest absolute Gasteiger partial charge is 0.352 e. The van der Waals surface area contributed by atoms with Gasteiger partial charge in [0.15, 0.2) is 0 Å².